The van der Waals surface area contributed by atoms with Crippen LogP contribution in [0.3, 0.4) is 0 Å². The minimum atomic E-state index is 1.20. The largest absolute Gasteiger partial charge is 0.354 e. The summed E-state index contributed by atoms with van der Waals surface area (Å²) in [5.74, 6) is 0. The molecule has 0 saturated heterocycles. The molecule has 0 aliphatic heterocycles. The van der Waals surface area contributed by atoms with Crippen LogP contribution in [0.2, 0.25) is 0 Å². The second-order valence-electron chi connectivity index (χ2n) is 6.47. The first-order chi connectivity index (χ1) is 10.8. The molecular formula is C21H27N. The van der Waals surface area contributed by atoms with Gasteiger partial charge in [-0.25, -0.2) is 0 Å². The molecule has 0 unspecified atom stereocenters. The highest BCUT2D eigenvalue weighted by atomic mass is 14.7. The molecule has 0 aliphatic rings. The standard InChI is InChI=1S/C21H27N/c1-3-4-5-6-7-8-11-17-16(2)14-15-19-18-12-9-10-13-20(18)22-21(17)19/h9-10,12-15,22H,3-8,11H2,1-2H3. The first-order valence-electron chi connectivity index (χ1n) is 8.80. The summed E-state index contributed by atoms with van der Waals surface area (Å²) in [6.45, 7) is 4.53. The van der Waals surface area contributed by atoms with E-state index >= 15 is 0 Å². The molecule has 1 N–H and O–H groups in total. The van der Waals surface area contributed by atoms with E-state index in [2.05, 4.69) is 55.2 Å². The zero-order valence-corrected chi connectivity index (χ0v) is 13.9. The lowest BCUT2D eigenvalue weighted by Gasteiger charge is -2.08. The van der Waals surface area contributed by atoms with Crippen molar-refractivity contribution in [1.29, 1.82) is 0 Å². The molecule has 116 valence electrons. The van der Waals surface area contributed by atoms with Crippen LogP contribution in [0, 0.1) is 6.92 Å². The average molecular weight is 293 g/mol. The third-order valence-electron chi connectivity index (χ3n) is 4.80. The molecule has 1 heteroatoms. The van der Waals surface area contributed by atoms with E-state index in [-0.39, 0.29) is 0 Å². The number of aromatic nitrogens is 1. The van der Waals surface area contributed by atoms with Crippen molar-refractivity contribution in [3.8, 4) is 0 Å². The fourth-order valence-electron chi connectivity index (χ4n) is 3.49. The molecule has 2 aromatic carbocycles. The number of nitrogens with one attached hydrogen (secondary N) is 1. The van der Waals surface area contributed by atoms with Gasteiger partial charge in [0.25, 0.3) is 0 Å². The van der Waals surface area contributed by atoms with Gasteiger partial charge in [0, 0.05) is 21.8 Å². The van der Waals surface area contributed by atoms with E-state index in [1.807, 2.05) is 0 Å². The van der Waals surface area contributed by atoms with Crippen LogP contribution in [-0.2, 0) is 6.42 Å². The van der Waals surface area contributed by atoms with Crippen LogP contribution in [0.1, 0.15) is 56.6 Å². The van der Waals surface area contributed by atoms with Crippen molar-refractivity contribution in [2.24, 2.45) is 0 Å². The molecule has 0 bridgehead atoms. The number of rotatable bonds is 7. The van der Waals surface area contributed by atoms with Gasteiger partial charge < -0.3 is 4.98 Å². The van der Waals surface area contributed by atoms with Crippen molar-refractivity contribution in [2.75, 3.05) is 0 Å². The Morgan fingerprint density at radius 3 is 2.45 bits per heavy atom. The summed E-state index contributed by atoms with van der Waals surface area (Å²) in [7, 11) is 0. The highest BCUT2D eigenvalue weighted by molar-refractivity contribution is 6.08. The molecule has 3 aromatic rings. The van der Waals surface area contributed by atoms with E-state index in [0.29, 0.717) is 0 Å². The number of benzene rings is 2. The number of hydrogen-bond acceptors (Lipinski definition) is 0. The van der Waals surface area contributed by atoms with E-state index in [0.717, 1.165) is 0 Å². The number of fused-ring (bicyclic) bond motifs is 3. The molecule has 0 radical (unpaired) electrons. The first-order valence-corrected chi connectivity index (χ1v) is 8.80. The van der Waals surface area contributed by atoms with Crippen LogP contribution in [0.4, 0.5) is 0 Å². The highest BCUT2D eigenvalue weighted by Crippen LogP contribution is 2.30. The number of H-pyrrole nitrogens is 1. The van der Waals surface area contributed by atoms with Crippen LogP contribution < -0.4 is 0 Å². The van der Waals surface area contributed by atoms with E-state index in [9.17, 15) is 0 Å². The predicted molar refractivity (Wildman–Crippen MR) is 97.6 cm³/mol. The Bertz CT molecular complexity index is 751. The van der Waals surface area contributed by atoms with Crippen LogP contribution in [0.15, 0.2) is 36.4 Å². The molecule has 0 spiro atoms. The molecule has 22 heavy (non-hydrogen) atoms. The van der Waals surface area contributed by atoms with Gasteiger partial charge in [-0.3, -0.25) is 0 Å². The van der Waals surface area contributed by atoms with Gasteiger partial charge in [0.05, 0.1) is 0 Å². The monoisotopic (exact) mass is 293 g/mol. The van der Waals surface area contributed by atoms with Crippen molar-refractivity contribution >= 4 is 21.8 Å². The lowest BCUT2D eigenvalue weighted by atomic mass is 9.98. The second-order valence-corrected chi connectivity index (χ2v) is 6.47. The molecule has 1 aromatic heterocycles. The SMILES string of the molecule is CCCCCCCCc1c(C)ccc2c1[nH]c1ccccc12. The molecule has 3 rings (SSSR count). The van der Waals surface area contributed by atoms with Gasteiger partial charge in [-0.1, -0.05) is 69.4 Å². The zero-order chi connectivity index (χ0) is 15.4. The van der Waals surface area contributed by atoms with Crippen molar-refractivity contribution < 1.29 is 0 Å². The van der Waals surface area contributed by atoms with Gasteiger partial charge in [0.1, 0.15) is 0 Å². The first kappa shape index (κ1) is 15.1. The topological polar surface area (TPSA) is 15.8 Å². The van der Waals surface area contributed by atoms with Gasteiger partial charge >= 0.3 is 0 Å². The van der Waals surface area contributed by atoms with Gasteiger partial charge in [-0.05, 0) is 37.0 Å². The fraction of sp³-hybridized carbons (Fsp3) is 0.429. The van der Waals surface area contributed by atoms with Crippen molar-refractivity contribution in [3.63, 3.8) is 0 Å². The summed E-state index contributed by atoms with van der Waals surface area (Å²) < 4.78 is 0. The molecule has 0 saturated carbocycles. The Balaban J connectivity index is 1.81. The minimum Gasteiger partial charge on any atom is -0.354 e. The van der Waals surface area contributed by atoms with Crippen LogP contribution in [-0.4, -0.2) is 4.98 Å². The van der Waals surface area contributed by atoms with Gasteiger partial charge in [0.2, 0.25) is 0 Å². The fourth-order valence-corrected chi connectivity index (χ4v) is 3.49. The van der Waals surface area contributed by atoms with Crippen LogP contribution in [0.5, 0.6) is 0 Å². The maximum absolute atomic E-state index is 3.65. The Hall–Kier alpha value is -1.76. The van der Waals surface area contributed by atoms with Gasteiger partial charge in [0.15, 0.2) is 0 Å². The van der Waals surface area contributed by atoms with E-state index in [1.165, 1.54) is 77.9 Å². The molecule has 0 atom stereocenters. The van der Waals surface area contributed by atoms with Crippen LogP contribution in [0.25, 0.3) is 21.8 Å². The maximum Gasteiger partial charge on any atom is 0.0500 e. The number of unbranched alkanes of at least 4 members (excludes halogenated alkanes) is 5. The van der Waals surface area contributed by atoms with E-state index in [1.54, 1.807) is 0 Å². The summed E-state index contributed by atoms with van der Waals surface area (Å²) in [5, 5.41) is 2.73. The number of aryl methyl sites for hydroxylation is 2. The molecule has 1 nitrogen and oxygen atoms in total. The Morgan fingerprint density at radius 1 is 0.818 bits per heavy atom. The number of aromatic amines is 1. The van der Waals surface area contributed by atoms with Crippen molar-refractivity contribution in [2.45, 2.75) is 58.8 Å². The Kier molecular flexibility index (Phi) is 4.82. The quantitative estimate of drug-likeness (QED) is 0.476. The molecule has 0 fully saturated rings. The summed E-state index contributed by atoms with van der Waals surface area (Å²) >= 11 is 0. The smallest absolute Gasteiger partial charge is 0.0500 e. The maximum atomic E-state index is 3.65. The second kappa shape index (κ2) is 7.00. The summed E-state index contributed by atoms with van der Waals surface area (Å²) in [6, 6.07) is 13.2. The normalized spacial score (nSPS) is 11.5. The third-order valence-corrected chi connectivity index (χ3v) is 4.80. The van der Waals surface area contributed by atoms with E-state index < -0.39 is 0 Å². The zero-order valence-electron chi connectivity index (χ0n) is 13.9. The van der Waals surface area contributed by atoms with Crippen molar-refractivity contribution in [3.05, 3.63) is 47.5 Å². The third kappa shape index (κ3) is 3.04. The Labute approximate surface area is 133 Å². The van der Waals surface area contributed by atoms with Crippen molar-refractivity contribution in [1.82, 2.24) is 4.98 Å². The average Bonchev–Trinajstić information content (AvgIpc) is 2.91. The number of hydrogen-bond donors (Lipinski definition) is 1. The molecule has 1 heterocycles. The summed E-state index contributed by atoms with van der Waals surface area (Å²) in [6.07, 6.45) is 9.35. The lowest BCUT2D eigenvalue weighted by molar-refractivity contribution is 0.607. The lowest BCUT2D eigenvalue weighted by Crippen LogP contribution is -1.92. The van der Waals surface area contributed by atoms with Crippen LogP contribution >= 0.6 is 0 Å². The summed E-state index contributed by atoms with van der Waals surface area (Å²) in [4.78, 5) is 3.65. The van der Waals surface area contributed by atoms with Gasteiger partial charge in [-0.2, -0.15) is 0 Å². The molecular weight excluding hydrogens is 266 g/mol. The van der Waals surface area contributed by atoms with Gasteiger partial charge in [-0.15, -0.1) is 0 Å². The van der Waals surface area contributed by atoms with E-state index in [4.69, 9.17) is 0 Å². The molecule has 0 amide bonds. The molecule has 0 aliphatic carbocycles. The predicted octanol–water partition coefficient (Wildman–Crippen LogP) is 6.53. The minimum absolute atomic E-state index is 1.20. The number of para-hydroxylation sites is 1. The summed E-state index contributed by atoms with van der Waals surface area (Å²) in [5.41, 5.74) is 5.55. The highest BCUT2D eigenvalue weighted by Gasteiger charge is 2.09. The Morgan fingerprint density at radius 2 is 1.59 bits per heavy atom.